The Balaban J connectivity index is 2.26. The van der Waals surface area contributed by atoms with Crippen LogP contribution >= 0.6 is 22.9 Å². The first-order chi connectivity index (χ1) is 9.59. The van der Waals surface area contributed by atoms with Gasteiger partial charge in [-0.05, 0) is 35.9 Å². The molecule has 0 spiro atoms. The molecule has 0 amide bonds. The minimum absolute atomic E-state index is 0.497. The van der Waals surface area contributed by atoms with E-state index in [0.29, 0.717) is 5.82 Å². The van der Waals surface area contributed by atoms with Gasteiger partial charge in [0.15, 0.2) is 5.82 Å². The Labute approximate surface area is 126 Å². The molecule has 0 saturated heterocycles. The van der Waals surface area contributed by atoms with E-state index >= 15 is 0 Å². The number of H-pyrrole nitrogens is 1. The number of thiophene rings is 1. The van der Waals surface area contributed by atoms with Crippen LogP contribution in [-0.2, 0) is 0 Å². The lowest BCUT2D eigenvalue weighted by molar-refractivity contribution is 1.11. The van der Waals surface area contributed by atoms with Gasteiger partial charge in [0, 0.05) is 0 Å². The highest BCUT2D eigenvalue weighted by atomic mass is 35.5. The van der Waals surface area contributed by atoms with Gasteiger partial charge < -0.3 is 5.73 Å². The number of hydrogen-bond acceptors (Lipinski definition) is 3. The first-order valence-corrected chi connectivity index (χ1v) is 7.49. The maximum Gasteiger partial charge on any atom is 0.153 e. The Morgan fingerprint density at radius 1 is 1.20 bits per heavy atom. The molecule has 2 aromatic heterocycles. The van der Waals surface area contributed by atoms with Crippen LogP contribution in [0.3, 0.4) is 0 Å². The van der Waals surface area contributed by atoms with Gasteiger partial charge in [-0.15, -0.1) is 11.3 Å². The number of benzene rings is 1. The van der Waals surface area contributed by atoms with Crippen molar-refractivity contribution in [2.75, 3.05) is 5.73 Å². The fourth-order valence-electron chi connectivity index (χ4n) is 2.24. The van der Waals surface area contributed by atoms with E-state index in [-0.39, 0.29) is 0 Å². The van der Waals surface area contributed by atoms with Crippen LogP contribution in [-0.4, -0.2) is 10.2 Å². The summed E-state index contributed by atoms with van der Waals surface area (Å²) < 4.78 is 0. The summed E-state index contributed by atoms with van der Waals surface area (Å²) in [7, 11) is 0. The number of halogens is 1. The fourth-order valence-corrected chi connectivity index (χ4v) is 3.53. The van der Waals surface area contributed by atoms with Crippen molar-refractivity contribution in [3.05, 3.63) is 45.8 Å². The molecule has 0 unspecified atom stereocenters. The average Bonchev–Trinajstić information content (AvgIpc) is 2.95. The largest absolute Gasteiger partial charge is 0.382 e. The zero-order valence-electron chi connectivity index (χ0n) is 11.2. The maximum atomic E-state index is 6.37. The highest BCUT2D eigenvalue weighted by Gasteiger charge is 2.20. The number of nitrogen functional groups attached to an aromatic ring is 1. The summed E-state index contributed by atoms with van der Waals surface area (Å²) in [5.41, 5.74) is 11.2. The van der Waals surface area contributed by atoms with Gasteiger partial charge in [0.2, 0.25) is 0 Å². The normalized spacial score (nSPS) is 10.9. The molecule has 0 atom stereocenters. The summed E-state index contributed by atoms with van der Waals surface area (Å²) in [5, 5.41) is 9.98. The van der Waals surface area contributed by atoms with Crippen LogP contribution in [0.5, 0.6) is 0 Å². The van der Waals surface area contributed by atoms with Crippen LogP contribution in [0.25, 0.3) is 21.7 Å². The van der Waals surface area contributed by atoms with Crippen molar-refractivity contribution in [2.24, 2.45) is 0 Å². The van der Waals surface area contributed by atoms with E-state index < -0.39 is 0 Å². The molecule has 0 aliphatic carbocycles. The summed E-state index contributed by atoms with van der Waals surface area (Å²) in [6, 6.07) is 8.12. The summed E-state index contributed by atoms with van der Waals surface area (Å²) in [4.78, 5) is 0.978. The summed E-state index contributed by atoms with van der Waals surface area (Å²) in [6.45, 7) is 4.06. The first-order valence-electron chi connectivity index (χ1n) is 6.23. The van der Waals surface area contributed by atoms with E-state index in [2.05, 4.69) is 29.3 Å². The molecule has 3 aromatic rings. The molecule has 102 valence electrons. The second-order valence-corrected chi connectivity index (χ2v) is 5.99. The minimum atomic E-state index is 0.497. The third-order valence-electron chi connectivity index (χ3n) is 3.33. The predicted octanol–water partition coefficient (Wildman–Crippen LogP) is 4.66. The van der Waals surface area contributed by atoms with Gasteiger partial charge >= 0.3 is 0 Å². The molecular formula is C15H14ClN3S. The number of hydrogen-bond donors (Lipinski definition) is 2. The van der Waals surface area contributed by atoms with Gasteiger partial charge in [0.25, 0.3) is 0 Å². The molecule has 5 heteroatoms. The Morgan fingerprint density at radius 2 is 1.95 bits per heavy atom. The third kappa shape index (κ3) is 2.01. The van der Waals surface area contributed by atoms with Crippen LogP contribution < -0.4 is 5.73 Å². The number of nitrogens with two attached hydrogens (primary N) is 1. The van der Waals surface area contributed by atoms with Gasteiger partial charge in [-0.1, -0.05) is 35.9 Å². The molecule has 3 N–H and O–H groups in total. The van der Waals surface area contributed by atoms with Gasteiger partial charge in [0.1, 0.15) is 0 Å². The molecular weight excluding hydrogens is 290 g/mol. The van der Waals surface area contributed by atoms with Gasteiger partial charge in [-0.25, -0.2) is 0 Å². The van der Waals surface area contributed by atoms with Crippen LogP contribution in [0.1, 0.15) is 11.1 Å². The predicted molar refractivity (Wildman–Crippen MR) is 86.2 cm³/mol. The van der Waals surface area contributed by atoms with Gasteiger partial charge in [-0.2, -0.15) is 5.10 Å². The Bertz CT molecular complexity index is 773. The quantitative estimate of drug-likeness (QED) is 0.723. The monoisotopic (exact) mass is 303 g/mol. The number of aromatic amines is 1. The van der Waals surface area contributed by atoms with Crippen LogP contribution in [0, 0.1) is 13.8 Å². The molecule has 0 radical (unpaired) electrons. The highest BCUT2D eigenvalue weighted by Crippen LogP contribution is 2.42. The lowest BCUT2D eigenvalue weighted by Gasteiger charge is -2.07. The molecule has 3 nitrogen and oxygen atoms in total. The van der Waals surface area contributed by atoms with Crippen LogP contribution in [0.15, 0.2) is 29.6 Å². The summed E-state index contributed by atoms with van der Waals surface area (Å²) in [6.07, 6.45) is 0. The second-order valence-electron chi connectivity index (χ2n) is 4.74. The molecule has 0 saturated carbocycles. The second kappa shape index (κ2) is 4.96. The molecule has 3 rings (SSSR count). The van der Waals surface area contributed by atoms with Gasteiger partial charge in [0.05, 0.1) is 21.2 Å². The highest BCUT2D eigenvalue weighted by molar-refractivity contribution is 7.14. The Morgan fingerprint density at radius 3 is 2.60 bits per heavy atom. The van der Waals surface area contributed by atoms with Crippen LogP contribution in [0.2, 0.25) is 5.02 Å². The molecule has 0 aliphatic heterocycles. The molecule has 2 heterocycles. The number of nitrogens with one attached hydrogen (secondary N) is 1. The number of anilines is 1. The van der Waals surface area contributed by atoms with E-state index in [1.54, 1.807) is 11.3 Å². The van der Waals surface area contributed by atoms with Crippen molar-refractivity contribution >= 4 is 28.8 Å². The van der Waals surface area contributed by atoms with E-state index in [1.165, 1.54) is 0 Å². The summed E-state index contributed by atoms with van der Waals surface area (Å²) in [5.74, 6) is 0.497. The zero-order chi connectivity index (χ0) is 14.3. The molecule has 1 aromatic carbocycles. The Kier molecular flexibility index (Phi) is 3.28. The zero-order valence-corrected chi connectivity index (χ0v) is 12.8. The minimum Gasteiger partial charge on any atom is -0.382 e. The molecule has 0 bridgehead atoms. The fraction of sp³-hybridized carbons (Fsp3) is 0.133. The topological polar surface area (TPSA) is 54.7 Å². The lowest BCUT2D eigenvalue weighted by Crippen LogP contribution is -1.90. The average molecular weight is 304 g/mol. The van der Waals surface area contributed by atoms with Crippen molar-refractivity contribution in [2.45, 2.75) is 13.8 Å². The number of aryl methyl sites for hydroxylation is 2. The van der Waals surface area contributed by atoms with Crippen LogP contribution in [0.4, 0.5) is 5.82 Å². The molecule has 0 aliphatic rings. The number of rotatable bonds is 2. The standard InChI is InChI=1S/C15H14ClN3S/c1-8-5-3-4-6-10(8)11-13(18-19-15(11)17)14-12(16)9(2)7-20-14/h3-7H,1-2H3,(H3,17,18,19). The van der Waals surface area contributed by atoms with Crippen molar-refractivity contribution in [3.63, 3.8) is 0 Å². The SMILES string of the molecule is Cc1ccccc1-c1c(N)n[nH]c1-c1scc(C)c1Cl. The van der Waals surface area contributed by atoms with E-state index in [0.717, 1.165) is 37.8 Å². The first kappa shape index (κ1) is 13.2. The third-order valence-corrected chi connectivity index (χ3v) is 5.05. The maximum absolute atomic E-state index is 6.37. The van der Waals surface area contributed by atoms with E-state index in [1.807, 2.05) is 24.4 Å². The summed E-state index contributed by atoms with van der Waals surface area (Å²) >= 11 is 7.97. The smallest absolute Gasteiger partial charge is 0.153 e. The Hall–Kier alpha value is -1.78. The number of nitrogens with zero attached hydrogens (tertiary/aromatic N) is 1. The lowest BCUT2D eigenvalue weighted by atomic mass is 9.99. The van der Waals surface area contributed by atoms with Crippen molar-refractivity contribution < 1.29 is 0 Å². The van der Waals surface area contributed by atoms with Gasteiger partial charge in [-0.3, -0.25) is 5.10 Å². The number of aromatic nitrogens is 2. The van der Waals surface area contributed by atoms with Crippen molar-refractivity contribution in [1.29, 1.82) is 0 Å². The van der Waals surface area contributed by atoms with E-state index in [9.17, 15) is 0 Å². The van der Waals surface area contributed by atoms with E-state index in [4.69, 9.17) is 17.3 Å². The molecule has 0 fully saturated rings. The van der Waals surface area contributed by atoms with Crippen molar-refractivity contribution in [1.82, 2.24) is 10.2 Å². The molecule has 20 heavy (non-hydrogen) atoms. The van der Waals surface area contributed by atoms with Crippen molar-refractivity contribution in [3.8, 4) is 21.7 Å².